The molecule has 0 amide bonds. The van der Waals surface area contributed by atoms with E-state index >= 15 is 0 Å². The number of morpholine rings is 1. The lowest BCUT2D eigenvalue weighted by atomic mass is 10.2. The van der Waals surface area contributed by atoms with Crippen molar-refractivity contribution in [1.29, 1.82) is 0 Å². The van der Waals surface area contributed by atoms with Gasteiger partial charge in [-0.05, 0) is 17.5 Å². The summed E-state index contributed by atoms with van der Waals surface area (Å²) >= 11 is 3.64. The summed E-state index contributed by atoms with van der Waals surface area (Å²) in [4.78, 5) is 5.11. The Balaban J connectivity index is 0.000000753. The van der Waals surface area contributed by atoms with Gasteiger partial charge in [-0.3, -0.25) is 14.5 Å². The quantitative estimate of drug-likeness (QED) is 0.929. The van der Waals surface area contributed by atoms with Crippen molar-refractivity contribution in [2.45, 2.75) is 13.1 Å². The van der Waals surface area contributed by atoms with Crippen LogP contribution in [0.3, 0.4) is 0 Å². The second-order valence-corrected chi connectivity index (χ2v) is 6.08. The first-order valence-electron chi connectivity index (χ1n) is 8.17. The van der Waals surface area contributed by atoms with E-state index in [1.165, 1.54) is 29.7 Å². The standard InChI is InChI=1S/C17H23N3O.ClHO/c1-2-4-17-15(3-1)13-16-14-19(7-8-20(16)17)6-5-18-9-11-21-12-10-18;1-2/h1-4,13H,5-12,14H2;2H. The van der Waals surface area contributed by atoms with Gasteiger partial charge in [0.1, 0.15) is 0 Å². The molecule has 23 heavy (non-hydrogen) atoms. The molecular weight excluding hydrogens is 314 g/mol. The average molecular weight is 338 g/mol. The summed E-state index contributed by atoms with van der Waals surface area (Å²) in [6, 6.07) is 11.1. The number of halogens is 1. The molecule has 0 atom stereocenters. The molecule has 1 aromatic heterocycles. The first-order chi connectivity index (χ1) is 11.4. The van der Waals surface area contributed by atoms with Crippen LogP contribution >= 0.6 is 11.9 Å². The largest absolute Gasteiger partial charge is 0.379 e. The van der Waals surface area contributed by atoms with Gasteiger partial charge in [-0.15, -0.1) is 0 Å². The average Bonchev–Trinajstić information content (AvgIpc) is 3.00. The number of hydrogen-bond acceptors (Lipinski definition) is 4. The molecule has 4 rings (SSSR count). The molecule has 0 spiro atoms. The SMILES string of the molecule is OCl.c1ccc2c(c1)cc1n2CCN(CCN2CCOCC2)C1. The van der Waals surface area contributed by atoms with Crippen LogP contribution in [0.1, 0.15) is 5.69 Å². The van der Waals surface area contributed by atoms with Crippen LogP contribution in [-0.2, 0) is 17.8 Å². The van der Waals surface area contributed by atoms with Crippen molar-refractivity contribution >= 4 is 22.8 Å². The fourth-order valence-corrected chi connectivity index (χ4v) is 3.51. The minimum absolute atomic E-state index is 0.897. The lowest BCUT2D eigenvalue weighted by Gasteiger charge is -2.32. The van der Waals surface area contributed by atoms with E-state index in [4.69, 9.17) is 9.40 Å². The van der Waals surface area contributed by atoms with Crippen LogP contribution < -0.4 is 0 Å². The van der Waals surface area contributed by atoms with Crippen LogP contribution in [0, 0.1) is 0 Å². The smallest absolute Gasteiger partial charge is 0.0594 e. The number of nitrogens with zero attached hydrogens (tertiary/aromatic N) is 3. The van der Waals surface area contributed by atoms with Gasteiger partial charge >= 0.3 is 0 Å². The van der Waals surface area contributed by atoms with Gasteiger partial charge in [-0.2, -0.15) is 0 Å². The summed E-state index contributed by atoms with van der Waals surface area (Å²) in [5.74, 6) is 0. The highest BCUT2D eigenvalue weighted by molar-refractivity contribution is 6.04. The van der Waals surface area contributed by atoms with E-state index < -0.39 is 0 Å². The van der Waals surface area contributed by atoms with Crippen molar-refractivity contribution in [2.24, 2.45) is 0 Å². The van der Waals surface area contributed by atoms with Crippen molar-refractivity contribution in [3.63, 3.8) is 0 Å². The molecule has 1 aromatic carbocycles. The Morgan fingerprint density at radius 1 is 0.957 bits per heavy atom. The van der Waals surface area contributed by atoms with Gasteiger partial charge in [0.05, 0.1) is 25.1 Å². The van der Waals surface area contributed by atoms with Gasteiger partial charge in [-0.1, -0.05) is 18.2 Å². The van der Waals surface area contributed by atoms with Crippen molar-refractivity contribution in [2.75, 3.05) is 45.9 Å². The molecule has 0 radical (unpaired) electrons. The van der Waals surface area contributed by atoms with E-state index in [1.54, 1.807) is 0 Å². The normalized spacial score (nSPS) is 19.2. The number of benzene rings is 1. The maximum absolute atomic E-state index is 6.47. The Morgan fingerprint density at radius 2 is 1.70 bits per heavy atom. The Morgan fingerprint density at radius 3 is 2.52 bits per heavy atom. The Hall–Kier alpha value is -1.11. The van der Waals surface area contributed by atoms with Crippen LogP contribution in [0.15, 0.2) is 30.3 Å². The fraction of sp³-hybridized carbons (Fsp3) is 0.529. The Kier molecular flexibility index (Phi) is 5.91. The van der Waals surface area contributed by atoms with Crippen LogP contribution in [0.2, 0.25) is 0 Å². The first-order valence-corrected chi connectivity index (χ1v) is 8.50. The highest BCUT2D eigenvalue weighted by atomic mass is 35.5. The van der Waals surface area contributed by atoms with Crippen LogP contribution in [0.4, 0.5) is 0 Å². The van der Waals surface area contributed by atoms with Crippen LogP contribution in [-0.4, -0.2) is 65.0 Å². The lowest BCUT2D eigenvalue weighted by molar-refractivity contribution is 0.0320. The molecule has 0 bridgehead atoms. The minimum Gasteiger partial charge on any atom is -0.379 e. The zero-order chi connectivity index (χ0) is 16.1. The molecule has 0 aliphatic carbocycles. The molecule has 0 unspecified atom stereocenters. The van der Waals surface area contributed by atoms with E-state index in [1.807, 2.05) is 0 Å². The number of aromatic nitrogens is 1. The van der Waals surface area contributed by atoms with E-state index in [0.717, 1.165) is 45.9 Å². The van der Waals surface area contributed by atoms with E-state index in [-0.39, 0.29) is 0 Å². The summed E-state index contributed by atoms with van der Waals surface area (Å²) in [6.07, 6.45) is 0. The first kappa shape index (κ1) is 16.7. The zero-order valence-electron chi connectivity index (χ0n) is 13.3. The van der Waals surface area contributed by atoms with Gasteiger partial charge < -0.3 is 9.30 Å². The minimum atomic E-state index is 0.897. The summed E-state index contributed by atoms with van der Waals surface area (Å²) in [5.41, 5.74) is 2.85. The number of rotatable bonds is 3. The summed E-state index contributed by atoms with van der Waals surface area (Å²) in [6.45, 7) is 9.68. The zero-order valence-corrected chi connectivity index (χ0v) is 14.1. The molecule has 126 valence electrons. The molecule has 3 heterocycles. The topological polar surface area (TPSA) is 40.9 Å². The fourth-order valence-electron chi connectivity index (χ4n) is 3.51. The molecule has 5 nitrogen and oxygen atoms in total. The third-order valence-corrected chi connectivity index (χ3v) is 4.76. The van der Waals surface area contributed by atoms with Gasteiger partial charge in [0.25, 0.3) is 0 Å². The Bertz CT molecular complexity index is 625. The van der Waals surface area contributed by atoms with E-state index in [0.29, 0.717) is 0 Å². The second-order valence-electron chi connectivity index (χ2n) is 6.08. The number of hydrogen-bond donors (Lipinski definition) is 1. The molecule has 2 aromatic rings. The molecule has 6 heteroatoms. The molecule has 1 saturated heterocycles. The summed E-state index contributed by atoms with van der Waals surface area (Å²) in [5, 5.41) is 1.38. The summed E-state index contributed by atoms with van der Waals surface area (Å²) in [7, 11) is 0. The van der Waals surface area contributed by atoms with Gasteiger partial charge in [0.15, 0.2) is 0 Å². The van der Waals surface area contributed by atoms with Crippen LogP contribution in [0.5, 0.6) is 0 Å². The van der Waals surface area contributed by atoms with Crippen molar-refractivity contribution in [1.82, 2.24) is 14.4 Å². The molecular formula is C17H24ClN3O2. The maximum Gasteiger partial charge on any atom is 0.0594 e. The maximum atomic E-state index is 6.47. The van der Waals surface area contributed by atoms with Crippen molar-refractivity contribution in [3.05, 3.63) is 36.0 Å². The third kappa shape index (κ3) is 3.87. The van der Waals surface area contributed by atoms with Gasteiger partial charge in [0, 0.05) is 57.0 Å². The van der Waals surface area contributed by atoms with Gasteiger partial charge in [-0.25, -0.2) is 0 Å². The third-order valence-electron chi connectivity index (χ3n) is 4.76. The molecule has 2 aliphatic rings. The van der Waals surface area contributed by atoms with Crippen molar-refractivity contribution < 1.29 is 9.40 Å². The lowest BCUT2D eigenvalue weighted by Crippen LogP contribution is -2.43. The predicted molar refractivity (Wildman–Crippen MR) is 92.5 cm³/mol. The van der Waals surface area contributed by atoms with Gasteiger partial charge in [0.2, 0.25) is 0 Å². The molecule has 1 fully saturated rings. The monoisotopic (exact) mass is 337 g/mol. The highest BCUT2D eigenvalue weighted by Crippen LogP contribution is 2.23. The van der Waals surface area contributed by atoms with Crippen LogP contribution in [0.25, 0.3) is 10.9 Å². The number of fused-ring (bicyclic) bond motifs is 3. The van der Waals surface area contributed by atoms with Crippen molar-refractivity contribution in [3.8, 4) is 0 Å². The Labute approximate surface area is 142 Å². The van der Waals surface area contributed by atoms with E-state index in [9.17, 15) is 0 Å². The molecule has 2 aliphatic heterocycles. The second kappa shape index (κ2) is 8.13. The number of ether oxygens (including phenoxy) is 1. The predicted octanol–water partition coefficient (Wildman–Crippen LogP) is 1.92. The molecule has 1 N–H and O–H groups in total. The van der Waals surface area contributed by atoms with E-state index in [2.05, 4.69) is 56.6 Å². The highest BCUT2D eigenvalue weighted by Gasteiger charge is 2.19. The molecule has 0 saturated carbocycles. The number of para-hydroxylation sites is 1. The summed E-state index contributed by atoms with van der Waals surface area (Å²) < 4.78 is 14.4.